The maximum atomic E-state index is 9.97. The lowest BCUT2D eigenvalue weighted by Crippen LogP contribution is -2.10. The van der Waals surface area contributed by atoms with E-state index >= 15 is 0 Å². The van der Waals surface area contributed by atoms with Crippen LogP contribution in [0, 0.1) is 0 Å². The molecular weight excluding hydrogens is 324 g/mol. The number of hydrogen-bond acceptors (Lipinski definition) is 2. The van der Waals surface area contributed by atoms with Crippen molar-refractivity contribution in [2.24, 2.45) is 0 Å². The lowest BCUT2D eigenvalue weighted by molar-refractivity contribution is 0.175. The van der Waals surface area contributed by atoms with Crippen LogP contribution in [-0.2, 0) is 0 Å². The Bertz CT molecular complexity index is 328. The Labute approximate surface area is 107 Å². The van der Waals surface area contributed by atoms with Crippen LogP contribution in [0.25, 0.3) is 0 Å². The van der Waals surface area contributed by atoms with Crippen LogP contribution in [0.1, 0.15) is 25.0 Å². The normalized spacial score (nSPS) is 14.7. The van der Waals surface area contributed by atoms with Crippen molar-refractivity contribution < 1.29 is 9.84 Å². The van der Waals surface area contributed by atoms with Gasteiger partial charge in [0.15, 0.2) is 0 Å². The summed E-state index contributed by atoms with van der Waals surface area (Å²) in [6.45, 7) is 2.03. The predicted octanol–water partition coefficient (Wildman–Crippen LogP) is 3.66. The van der Waals surface area contributed by atoms with Gasteiger partial charge in [0.2, 0.25) is 0 Å². The highest BCUT2D eigenvalue weighted by atomic mass is 79.9. The van der Waals surface area contributed by atoms with Gasteiger partial charge in [-0.15, -0.1) is 0 Å². The number of aliphatic hydroxyl groups is 1. The maximum Gasteiger partial charge on any atom is 0.133 e. The average Bonchev–Trinajstić information content (AvgIpc) is 2.26. The molecule has 0 bridgehead atoms. The third-order valence-electron chi connectivity index (χ3n) is 2.25. The molecule has 4 heteroatoms. The fourth-order valence-corrected chi connectivity index (χ4v) is 2.16. The summed E-state index contributed by atoms with van der Waals surface area (Å²) in [5, 5.41) is 9.97. The zero-order valence-electron chi connectivity index (χ0n) is 8.71. The molecule has 0 aliphatic carbocycles. The number of methoxy groups -OCH3 is 1. The lowest BCUT2D eigenvalue weighted by Gasteiger charge is -2.16. The number of aliphatic hydroxyl groups excluding tert-OH is 1. The molecule has 0 heterocycles. The molecule has 1 N–H and O–H groups in total. The first-order valence-electron chi connectivity index (χ1n) is 4.75. The minimum absolute atomic E-state index is 0.0813. The van der Waals surface area contributed by atoms with Gasteiger partial charge >= 0.3 is 0 Å². The maximum absolute atomic E-state index is 9.97. The van der Waals surface area contributed by atoms with E-state index in [9.17, 15) is 5.11 Å². The smallest absolute Gasteiger partial charge is 0.133 e. The fourth-order valence-electron chi connectivity index (χ4n) is 1.30. The van der Waals surface area contributed by atoms with Gasteiger partial charge in [0, 0.05) is 4.83 Å². The van der Waals surface area contributed by atoms with E-state index in [0.29, 0.717) is 0 Å². The van der Waals surface area contributed by atoms with Crippen LogP contribution in [0.4, 0.5) is 0 Å². The van der Waals surface area contributed by atoms with E-state index in [1.807, 2.05) is 25.1 Å². The monoisotopic (exact) mass is 336 g/mol. The standard InChI is InChI=1S/C11H14Br2O2/c1-3-8(12)11(14)7-4-5-10(15-2)9(13)6-7/h4-6,8,11,14H,3H2,1-2H3/t8-,11-/m0/s1. The van der Waals surface area contributed by atoms with Gasteiger partial charge in [-0.25, -0.2) is 0 Å². The van der Waals surface area contributed by atoms with E-state index in [2.05, 4.69) is 31.9 Å². The summed E-state index contributed by atoms with van der Waals surface area (Å²) in [6, 6.07) is 5.60. The molecule has 0 saturated heterocycles. The summed E-state index contributed by atoms with van der Waals surface area (Å²) in [6.07, 6.45) is 0.391. The molecule has 0 amide bonds. The topological polar surface area (TPSA) is 29.5 Å². The molecule has 0 radical (unpaired) electrons. The minimum atomic E-state index is -0.489. The molecule has 1 aromatic rings. The molecule has 2 nitrogen and oxygen atoms in total. The zero-order chi connectivity index (χ0) is 11.4. The van der Waals surface area contributed by atoms with Crippen LogP contribution in [0.15, 0.2) is 22.7 Å². The number of hydrogen-bond donors (Lipinski definition) is 1. The Morgan fingerprint density at radius 3 is 2.60 bits per heavy atom. The molecule has 0 saturated carbocycles. The van der Waals surface area contributed by atoms with Crippen molar-refractivity contribution in [3.63, 3.8) is 0 Å². The molecule has 2 atom stereocenters. The Balaban J connectivity index is 2.92. The second-order valence-corrected chi connectivity index (χ2v) is 5.29. The van der Waals surface area contributed by atoms with E-state index in [4.69, 9.17) is 4.74 Å². The number of halogens is 2. The third-order valence-corrected chi connectivity index (χ3v) is 4.02. The molecule has 1 aromatic carbocycles. The summed E-state index contributed by atoms with van der Waals surface area (Å²) in [5.41, 5.74) is 0.881. The third kappa shape index (κ3) is 3.20. The van der Waals surface area contributed by atoms with E-state index in [1.165, 1.54) is 0 Å². The van der Waals surface area contributed by atoms with Gasteiger partial charge in [0.25, 0.3) is 0 Å². The molecule has 0 unspecified atom stereocenters. The van der Waals surface area contributed by atoms with Crippen molar-refractivity contribution >= 4 is 31.9 Å². The number of benzene rings is 1. The molecule has 0 aliphatic heterocycles. The van der Waals surface area contributed by atoms with Gasteiger partial charge in [0.05, 0.1) is 17.7 Å². The quantitative estimate of drug-likeness (QED) is 0.849. The Hall–Kier alpha value is -0.0600. The van der Waals surface area contributed by atoms with Crippen molar-refractivity contribution in [1.29, 1.82) is 0 Å². The van der Waals surface area contributed by atoms with Gasteiger partial charge in [-0.2, -0.15) is 0 Å². The Morgan fingerprint density at radius 1 is 1.47 bits per heavy atom. The van der Waals surface area contributed by atoms with Gasteiger partial charge in [0.1, 0.15) is 5.75 Å². The van der Waals surface area contributed by atoms with E-state index in [0.717, 1.165) is 22.2 Å². The highest BCUT2D eigenvalue weighted by molar-refractivity contribution is 9.10. The predicted molar refractivity (Wildman–Crippen MR) is 68.7 cm³/mol. The summed E-state index contributed by atoms with van der Waals surface area (Å²) >= 11 is 6.84. The summed E-state index contributed by atoms with van der Waals surface area (Å²) in [7, 11) is 1.62. The summed E-state index contributed by atoms with van der Waals surface area (Å²) in [5.74, 6) is 0.772. The lowest BCUT2D eigenvalue weighted by atomic mass is 10.1. The van der Waals surface area contributed by atoms with Crippen molar-refractivity contribution in [3.8, 4) is 5.75 Å². The first-order chi connectivity index (χ1) is 7.10. The largest absolute Gasteiger partial charge is 0.496 e. The van der Waals surface area contributed by atoms with Crippen LogP contribution >= 0.6 is 31.9 Å². The minimum Gasteiger partial charge on any atom is -0.496 e. The van der Waals surface area contributed by atoms with Gasteiger partial charge in [-0.1, -0.05) is 28.9 Å². The van der Waals surface area contributed by atoms with Gasteiger partial charge < -0.3 is 9.84 Å². The highest BCUT2D eigenvalue weighted by Gasteiger charge is 2.17. The fraction of sp³-hybridized carbons (Fsp3) is 0.455. The number of rotatable bonds is 4. The molecule has 0 fully saturated rings. The van der Waals surface area contributed by atoms with Crippen molar-refractivity contribution in [3.05, 3.63) is 28.2 Å². The van der Waals surface area contributed by atoms with E-state index in [-0.39, 0.29) is 4.83 Å². The first kappa shape index (κ1) is 13.0. The van der Waals surface area contributed by atoms with Gasteiger partial charge in [-0.3, -0.25) is 0 Å². The number of ether oxygens (including phenoxy) is 1. The molecular formula is C11H14Br2O2. The van der Waals surface area contributed by atoms with Crippen LogP contribution in [0.3, 0.4) is 0 Å². The summed E-state index contributed by atoms with van der Waals surface area (Å²) < 4.78 is 5.98. The van der Waals surface area contributed by atoms with Crippen LogP contribution in [0.5, 0.6) is 5.75 Å². The average molecular weight is 338 g/mol. The Kier molecular flexibility index (Phi) is 5.09. The Morgan fingerprint density at radius 2 is 2.13 bits per heavy atom. The molecule has 0 spiro atoms. The second kappa shape index (κ2) is 5.87. The number of alkyl halides is 1. The highest BCUT2D eigenvalue weighted by Crippen LogP contribution is 2.31. The molecule has 15 heavy (non-hydrogen) atoms. The SMILES string of the molecule is CC[C@H](Br)[C@@H](O)c1ccc(OC)c(Br)c1. The van der Waals surface area contributed by atoms with Gasteiger partial charge in [-0.05, 0) is 40.0 Å². The van der Waals surface area contributed by atoms with Crippen molar-refractivity contribution in [2.75, 3.05) is 7.11 Å². The molecule has 1 rings (SSSR count). The summed E-state index contributed by atoms with van der Waals surface area (Å²) in [4.78, 5) is 0.0813. The van der Waals surface area contributed by atoms with Crippen LogP contribution in [-0.4, -0.2) is 17.0 Å². The van der Waals surface area contributed by atoms with Crippen molar-refractivity contribution in [2.45, 2.75) is 24.3 Å². The molecule has 0 aromatic heterocycles. The molecule has 84 valence electrons. The van der Waals surface area contributed by atoms with Crippen LogP contribution in [0.2, 0.25) is 0 Å². The van der Waals surface area contributed by atoms with E-state index in [1.54, 1.807) is 7.11 Å². The van der Waals surface area contributed by atoms with Crippen LogP contribution < -0.4 is 4.74 Å². The first-order valence-corrected chi connectivity index (χ1v) is 6.46. The van der Waals surface area contributed by atoms with E-state index < -0.39 is 6.10 Å². The molecule has 0 aliphatic rings. The van der Waals surface area contributed by atoms with Crippen molar-refractivity contribution in [1.82, 2.24) is 0 Å². The second-order valence-electron chi connectivity index (χ2n) is 3.26. The zero-order valence-corrected chi connectivity index (χ0v) is 11.9.